The minimum Gasteiger partial charge on any atom is -0.493 e. The third-order valence-electron chi connectivity index (χ3n) is 11.1. The summed E-state index contributed by atoms with van der Waals surface area (Å²) in [5.74, 6) is -1.93. The maximum absolute atomic E-state index is 15.0. The van der Waals surface area contributed by atoms with Gasteiger partial charge in [0.05, 0.1) is 31.5 Å². The second-order valence-corrected chi connectivity index (χ2v) is 16.6. The van der Waals surface area contributed by atoms with E-state index in [1.165, 1.54) is 47.3 Å². The Hall–Kier alpha value is -6.43. The molecule has 2 fully saturated rings. The van der Waals surface area contributed by atoms with Gasteiger partial charge in [-0.05, 0) is 74.4 Å². The lowest BCUT2D eigenvalue weighted by Crippen LogP contribution is -2.46. The van der Waals surface area contributed by atoms with Gasteiger partial charge in [-0.25, -0.2) is 46.3 Å². The first-order chi connectivity index (χ1) is 31.1. The van der Waals surface area contributed by atoms with Crippen molar-refractivity contribution in [2.75, 3.05) is 55.8 Å². The minimum absolute atomic E-state index is 0.0550. The van der Waals surface area contributed by atoms with Crippen LogP contribution >= 0.6 is 0 Å². The van der Waals surface area contributed by atoms with E-state index >= 15 is 4.39 Å². The minimum atomic E-state index is -4.87. The summed E-state index contributed by atoms with van der Waals surface area (Å²) in [4.78, 5) is 46.1. The summed E-state index contributed by atoms with van der Waals surface area (Å²) >= 11 is 0. The highest BCUT2D eigenvalue weighted by molar-refractivity contribution is 7.80. The smallest absolute Gasteiger partial charge is 0.493 e. The van der Waals surface area contributed by atoms with Gasteiger partial charge < -0.3 is 33.5 Å². The van der Waals surface area contributed by atoms with Gasteiger partial charge in [0, 0.05) is 62.0 Å². The van der Waals surface area contributed by atoms with E-state index in [4.69, 9.17) is 28.2 Å². The molecule has 0 aliphatic carbocycles. The fraction of sp³-hybridized carbons (Fsp3) is 0.429. The molecular weight excluding hydrogens is 879 g/mol. The first kappa shape index (κ1) is 46.6. The summed E-state index contributed by atoms with van der Waals surface area (Å²) in [7, 11) is -4.87. The number of hydrogen-bond acceptors (Lipinski definition) is 16. The summed E-state index contributed by atoms with van der Waals surface area (Å²) in [6.45, 7) is 7.30. The van der Waals surface area contributed by atoms with E-state index in [9.17, 15) is 27.2 Å². The molecule has 65 heavy (non-hydrogen) atoms. The molecule has 0 bridgehead atoms. The van der Waals surface area contributed by atoms with E-state index < -0.39 is 70.5 Å². The Morgan fingerprint density at radius 2 is 1.57 bits per heavy atom. The van der Waals surface area contributed by atoms with E-state index in [1.54, 1.807) is 18.5 Å². The largest absolute Gasteiger partial charge is 0.511 e. The number of piperazine rings is 1. The van der Waals surface area contributed by atoms with Crippen LogP contribution in [0.15, 0.2) is 90.5 Å². The average molecular weight is 927 g/mol. The first-order valence-electron chi connectivity index (χ1n) is 20.7. The molecule has 4 heterocycles. The maximum Gasteiger partial charge on any atom is 0.511 e. The Morgan fingerprint density at radius 1 is 0.908 bits per heavy atom. The van der Waals surface area contributed by atoms with Crippen LogP contribution < -0.4 is 20.2 Å². The Balaban J connectivity index is 0.877. The molecule has 5 atom stereocenters. The van der Waals surface area contributed by atoms with Crippen molar-refractivity contribution in [3.8, 4) is 11.4 Å². The van der Waals surface area contributed by atoms with Crippen molar-refractivity contribution in [1.82, 2.24) is 29.1 Å². The van der Waals surface area contributed by atoms with Crippen molar-refractivity contribution in [3.63, 3.8) is 0 Å². The van der Waals surface area contributed by atoms with Crippen LogP contribution in [-0.4, -0.2) is 113 Å². The highest BCUT2D eigenvalue weighted by atomic mass is 32.3. The van der Waals surface area contributed by atoms with Crippen LogP contribution in [-0.2, 0) is 50.5 Å². The van der Waals surface area contributed by atoms with Crippen LogP contribution in [0.25, 0.3) is 5.69 Å². The zero-order chi connectivity index (χ0) is 46.3. The van der Waals surface area contributed by atoms with Crippen LogP contribution in [0.4, 0.5) is 25.0 Å². The zero-order valence-electron chi connectivity index (χ0n) is 35.6. The molecule has 2 saturated heterocycles. The number of anilines is 2. The third-order valence-corrected chi connectivity index (χ3v) is 11.5. The molecule has 2 aromatic heterocycles. The van der Waals surface area contributed by atoms with Gasteiger partial charge in [-0.3, -0.25) is 4.55 Å². The van der Waals surface area contributed by atoms with Gasteiger partial charge >= 0.3 is 28.2 Å². The standard InChI is InChI=1S/C42H48F2N8O12S/c1-4-38(28(2)62-41(55)64-29(3)63-39(53)23-61-65(56,57)58)52-40(54)51(27-47-52)34-8-6-32(7-9-34)48-15-17-49(18-16-48)33-10-12-35(13-11-33)59-21-30-20-42(60-22-30,24-50-26-45-25-46-50)36-14-5-31(43)19-37(36)44/h5-14,19,25-30,38H,4,15-18,20-24H2,1-3H3,(H,56,57,58)/t28-,29?,30+,38-,42-/m0/s1. The van der Waals surface area contributed by atoms with Crippen LogP contribution in [0.3, 0.4) is 0 Å². The van der Waals surface area contributed by atoms with Crippen LogP contribution in [0.2, 0.25) is 0 Å². The molecular formula is C42H48F2N8O12S. The lowest BCUT2D eigenvalue weighted by Gasteiger charge is -2.37. The average Bonchev–Trinajstić information content (AvgIpc) is 4.04. The molecule has 2 aliphatic heterocycles. The molecule has 1 N–H and O–H groups in total. The number of carbonyl (C=O) groups is 2. The predicted molar refractivity (Wildman–Crippen MR) is 226 cm³/mol. The summed E-state index contributed by atoms with van der Waals surface area (Å²) in [5, 5.41) is 8.45. The summed E-state index contributed by atoms with van der Waals surface area (Å²) in [5.41, 5.74) is 1.36. The number of halogens is 2. The number of benzene rings is 3. The van der Waals surface area contributed by atoms with Gasteiger partial charge in [-0.2, -0.15) is 18.6 Å². The lowest BCUT2D eigenvalue weighted by molar-refractivity contribution is -0.171. The molecule has 348 valence electrons. The van der Waals surface area contributed by atoms with Crippen LogP contribution in [0.1, 0.15) is 45.2 Å². The molecule has 1 unspecified atom stereocenters. The van der Waals surface area contributed by atoms with Crippen molar-refractivity contribution >= 4 is 33.9 Å². The number of aromatic nitrogens is 6. The molecule has 3 aromatic carbocycles. The van der Waals surface area contributed by atoms with Crippen LogP contribution in [0, 0.1) is 17.6 Å². The lowest BCUT2D eigenvalue weighted by atomic mass is 9.87. The molecule has 20 nitrogen and oxygen atoms in total. The van der Waals surface area contributed by atoms with Gasteiger partial charge in [0.15, 0.2) is 6.61 Å². The molecule has 5 aromatic rings. The number of rotatable bonds is 18. The summed E-state index contributed by atoms with van der Waals surface area (Å²) in [6.07, 6.45) is 1.48. The maximum atomic E-state index is 15.0. The number of hydrogen-bond donors (Lipinski definition) is 1. The molecule has 7 rings (SSSR count). The van der Waals surface area contributed by atoms with Gasteiger partial charge in [0.1, 0.15) is 48.1 Å². The second-order valence-electron chi connectivity index (χ2n) is 15.5. The van der Waals surface area contributed by atoms with Gasteiger partial charge in [-0.15, -0.1) is 0 Å². The molecule has 23 heteroatoms. The summed E-state index contributed by atoms with van der Waals surface area (Å²) < 4.78 is 94.0. The highest BCUT2D eigenvalue weighted by Gasteiger charge is 2.45. The van der Waals surface area contributed by atoms with Crippen LogP contribution in [0.5, 0.6) is 5.75 Å². The van der Waals surface area contributed by atoms with E-state index in [0.717, 1.165) is 43.6 Å². The number of esters is 1. The zero-order valence-corrected chi connectivity index (χ0v) is 36.5. The molecule has 0 spiro atoms. The molecule has 0 amide bonds. The van der Waals surface area contributed by atoms with Gasteiger partial charge in [0.2, 0.25) is 6.29 Å². The van der Waals surface area contributed by atoms with Crippen molar-refractivity contribution in [1.29, 1.82) is 0 Å². The van der Waals surface area contributed by atoms with E-state index in [2.05, 4.69) is 29.2 Å². The van der Waals surface area contributed by atoms with Crippen molar-refractivity contribution in [2.45, 2.75) is 64.2 Å². The number of nitrogens with zero attached hydrogens (tertiary/aromatic N) is 8. The van der Waals surface area contributed by atoms with Crippen molar-refractivity contribution in [2.24, 2.45) is 5.92 Å². The predicted octanol–water partition coefficient (Wildman–Crippen LogP) is 4.44. The van der Waals surface area contributed by atoms with E-state index in [1.807, 2.05) is 48.5 Å². The fourth-order valence-electron chi connectivity index (χ4n) is 7.98. The monoisotopic (exact) mass is 926 g/mol. The van der Waals surface area contributed by atoms with Crippen molar-refractivity contribution < 1.29 is 59.2 Å². The van der Waals surface area contributed by atoms with Gasteiger partial charge in [-0.1, -0.05) is 13.0 Å². The second kappa shape index (κ2) is 20.2. The Morgan fingerprint density at radius 3 is 2.18 bits per heavy atom. The van der Waals surface area contributed by atoms with Crippen molar-refractivity contribution in [3.05, 3.63) is 113 Å². The molecule has 0 saturated carbocycles. The Labute approximate surface area is 372 Å². The molecule has 2 aliphatic rings. The number of ether oxygens (including phenoxy) is 5. The Kier molecular flexibility index (Phi) is 14.4. The number of carbonyl (C=O) groups excluding carboxylic acids is 2. The topological polar surface area (TPSA) is 221 Å². The first-order valence-corrected chi connectivity index (χ1v) is 22.1. The Bertz CT molecular complexity index is 2570. The van der Waals surface area contributed by atoms with Gasteiger partial charge in [0.25, 0.3) is 0 Å². The normalized spacial score (nSPS) is 19.1. The summed E-state index contributed by atoms with van der Waals surface area (Å²) in [6, 6.07) is 18.2. The quantitative estimate of drug-likeness (QED) is 0.0729. The van der Waals surface area contributed by atoms with E-state index in [0.29, 0.717) is 37.5 Å². The van der Waals surface area contributed by atoms with E-state index in [-0.39, 0.29) is 18.0 Å². The third kappa shape index (κ3) is 11.6. The SMILES string of the molecule is CC[C@@H]([C@H](C)OC(=O)OC(C)OC(=O)COS(=O)(=O)O)n1ncn(-c2ccc(N3CCN(c4ccc(OC[C@@H]5CO[C@@](Cn6cncn6)(c6ccc(F)cc6F)C5)cc4)CC3)cc2)c1=O. The molecule has 0 radical (unpaired) electrons. The highest BCUT2D eigenvalue weighted by Crippen LogP contribution is 2.42. The fourth-order valence-corrected chi connectivity index (χ4v) is 8.23.